The first-order chi connectivity index (χ1) is 13.0. The first-order valence-electron chi connectivity index (χ1n) is 8.26. The van der Waals surface area contributed by atoms with Crippen molar-refractivity contribution in [1.29, 1.82) is 0 Å². The number of para-hydroxylation sites is 1. The summed E-state index contributed by atoms with van der Waals surface area (Å²) in [5.41, 5.74) is 2.08. The third-order valence-corrected chi connectivity index (χ3v) is 3.90. The molecule has 0 aliphatic heterocycles. The van der Waals surface area contributed by atoms with Crippen LogP contribution in [0.25, 0.3) is 11.4 Å². The third kappa shape index (κ3) is 4.14. The minimum absolute atomic E-state index is 0.0711. The van der Waals surface area contributed by atoms with Crippen LogP contribution in [0.15, 0.2) is 53.6 Å². The van der Waals surface area contributed by atoms with Crippen molar-refractivity contribution in [3.8, 4) is 28.6 Å². The van der Waals surface area contributed by atoms with Gasteiger partial charge in [0.25, 0.3) is 0 Å². The zero-order chi connectivity index (χ0) is 19.4. The summed E-state index contributed by atoms with van der Waals surface area (Å²) >= 11 is 0. The summed E-state index contributed by atoms with van der Waals surface area (Å²) < 4.78 is 5.10. The summed E-state index contributed by atoms with van der Waals surface area (Å²) in [5, 5.41) is 25.7. The van der Waals surface area contributed by atoms with Crippen LogP contribution in [0, 0.1) is 6.92 Å². The maximum absolute atomic E-state index is 10.1. The Hall–Kier alpha value is -3.61. The minimum Gasteiger partial charge on any atom is -0.507 e. The van der Waals surface area contributed by atoms with Crippen molar-refractivity contribution in [2.24, 2.45) is 5.10 Å². The van der Waals surface area contributed by atoms with Gasteiger partial charge in [-0.3, -0.25) is 5.01 Å². The highest BCUT2D eigenvalue weighted by Gasteiger charge is 2.11. The monoisotopic (exact) mass is 364 g/mol. The molecule has 0 radical (unpaired) electrons. The number of hydrazone groups is 1. The first-order valence-corrected chi connectivity index (χ1v) is 8.26. The second-order valence-corrected chi connectivity index (χ2v) is 5.91. The van der Waals surface area contributed by atoms with Crippen LogP contribution in [-0.4, -0.2) is 40.6 Å². The van der Waals surface area contributed by atoms with Crippen LogP contribution in [0.1, 0.15) is 11.3 Å². The van der Waals surface area contributed by atoms with Gasteiger partial charge < -0.3 is 14.9 Å². The van der Waals surface area contributed by atoms with Crippen molar-refractivity contribution in [3.63, 3.8) is 0 Å². The highest BCUT2D eigenvalue weighted by molar-refractivity contribution is 5.81. The van der Waals surface area contributed by atoms with Gasteiger partial charge in [0, 0.05) is 18.8 Å². The summed E-state index contributed by atoms with van der Waals surface area (Å²) in [5.74, 6) is 1.58. The molecule has 3 rings (SSSR count). The van der Waals surface area contributed by atoms with Crippen LogP contribution in [0.5, 0.6) is 17.2 Å². The second-order valence-electron chi connectivity index (χ2n) is 5.91. The Labute approximate surface area is 157 Å². The molecule has 1 aromatic heterocycles. The Bertz CT molecular complexity index is 989. The molecule has 0 bridgehead atoms. The summed E-state index contributed by atoms with van der Waals surface area (Å²) in [7, 11) is 3.26. The van der Waals surface area contributed by atoms with Crippen LogP contribution in [0.4, 0.5) is 5.82 Å². The Morgan fingerprint density at radius 1 is 1.04 bits per heavy atom. The molecule has 1 heterocycles. The molecule has 7 heteroatoms. The zero-order valence-corrected chi connectivity index (χ0v) is 15.3. The Morgan fingerprint density at radius 2 is 1.81 bits per heavy atom. The van der Waals surface area contributed by atoms with Crippen LogP contribution < -0.4 is 9.75 Å². The van der Waals surface area contributed by atoms with Gasteiger partial charge >= 0.3 is 0 Å². The zero-order valence-electron chi connectivity index (χ0n) is 15.3. The number of benzene rings is 2. The van der Waals surface area contributed by atoms with Gasteiger partial charge in [-0.05, 0) is 42.8 Å². The predicted molar refractivity (Wildman–Crippen MR) is 105 cm³/mol. The van der Waals surface area contributed by atoms with Gasteiger partial charge in [-0.15, -0.1) is 0 Å². The van der Waals surface area contributed by atoms with Gasteiger partial charge in [0.1, 0.15) is 5.75 Å². The molecule has 0 aliphatic carbocycles. The molecule has 2 N–H and O–H groups in total. The van der Waals surface area contributed by atoms with Crippen molar-refractivity contribution < 1.29 is 14.9 Å². The van der Waals surface area contributed by atoms with Gasteiger partial charge in [0.15, 0.2) is 23.1 Å². The molecular weight excluding hydrogens is 344 g/mol. The second kappa shape index (κ2) is 7.74. The molecule has 0 aliphatic rings. The number of aromatic nitrogens is 2. The number of aryl methyl sites for hydroxylation is 1. The number of ether oxygens (including phenoxy) is 1. The summed E-state index contributed by atoms with van der Waals surface area (Å²) in [6, 6.07) is 13.7. The van der Waals surface area contributed by atoms with Crippen molar-refractivity contribution in [2.45, 2.75) is 6.92 Å². The van der Waals surface area contributed by atoms with E-state index in [1.165, 1.54) is 7.11 Å². The lowest BCUT2D eigenvalue weighted by molar-refractivity contribution is 0.373. The lowest BCUT2D eigenvalue weighted by Crippen LogP contribution is -2.12. The van der Waals surface area contributed by atoms with E-state index >= 15 is 0 Å². The molecular formula is C20H20N4O3. The molecule has 0 unspecified atom stereocenters. The number of hydrogen-bond donors (Lipinski definition) is 2. The first kappa shape index (κ1) is 18.2. The molecule has 2 aromatic carbocycles. The van der Waals surface area contributed by atoms with E-state index < -0.39 is 0 Å². The average molecular weight is 364 g/mol. The molecule has 27 heavy (non-hydrogen) atoms. The SMILES string of the molecule is COc1cc(C=NN(C)c2cc(C)nc(-c3ccccc3O)n2)ccc1O. The van der Waals surface area contributed by atoms with Crippen LogP contribution in [0.2, 0.25) is 0 Å². The van der Waals surface area contributed by atoms with E-state index in [-0.39, 0.29) is 11.5 Å². The molecule has 0 atom stereocenters. The smallest absolute Gasteiger partial charge is 0.165 e. The lowest BCUT2D eigenvalue weighted by Gasteiger charge is -2.14. The van der Waals surface area contributed by atoms with Crippen molar-refractivity contribution >= 4 is 12.0 Å². The molecule has 0 spiro atoms. The number of aromatic hydroxyl groups is 2. The highest BCUT2D eigenvalue weighted by atomic mass is 16.5. The number of methoxy groups -OCH3 is 1. The number of phenols is 2. The Kier molecular flexibility index (Phi) is 5.21. The van der Waals surface area contributed by atoms with Gasteiger partial charge in [-0.25, -0.2) is 9.97 Å². The summed E-state index contributed by atoms with van der Waals surface area (Å²) in [4.78, 5) is 8.91. The molecule has 0 saturated carbocycles. The molecule has 7 nitrogen and oxygen atoms in total. The lowest BCUT2D eigenvalue weighted by atomic mass is 10.2. The molecule has 3 aromatic rings. The van der Waals surface area contributed by atoms with E-state index in [9.17, 15) is 10.2 Å². The standard InChI is InChI=1S/C20H20N4O3/c1-13-10-19(23-20(22-13)15-6-4-5-7-16(15)25)24(2)21-12-14-8-9-17(26)18(11-14)27-3/h4-12,25-26H,1-3H3. The van der Waals surface area contributed by atoms with Gasteiger partial charge in [0.05, 0.1) is 18.9 Å². The maximum atomic E-state index is 10.1. The number of nitrogens with zero attached hydrogens (tertiary/aromatic N) is 4. The van der Waals surface area contributed by atoms with Crippen LogP contribution in [-0.2, 0) is 0 Å². The fourth-order valence-electron chi connectivity index (χ4n) is 2.49. The predicted octanol–water partition coefficient (Wildman–Crippen LogP) is 3.34. The molecule has 0 fully saturated rings. The molecule has 0 amide bonds. The number of rotatable bonds is 5. The van der Waals surface area contributed by atoms with Crippen molar-refractivity contribution in [1.82, 2.24) is 9.97 Å². The topological polar surface area (TPSA) is 91.1 Å². The van der Waals surface area contributed by atoms with E-state index in [4.69, 9.17) is 4.74 Å². The maximum Gasteiger partial charge on any atom is 0.165 e. The molecule has 0 saturated heterocycles. The normalized spacial score (nSPS) is 10.9. The quantitative estimate of drug-likeness (QED) is 0.533. The highest BCUT2D eigenvalue weighted by Crippen LogP contribution is 2.28. The van der Waals surface area contributed by atoms with E-state index in [1.54, 1.807) is 60.7 Å². The number of phenolic OH excluding ortho intramolecular Hbond substituents is 2. The van der Waals surface area contributed by atoms with E-state index in [1.807, 2.05) is 13.0 Å². The van der Waals surface area contributed by atoms with Crippen LogP contribution in [0.3, 0.4) is 0 Å². The molecule has 138 valence electrons. The van der Waals surface area contributed by atoms with Crippen LogP contribution >= 0.6 is 0 Å². The largest absolute Gasteiger partial charge is 0.507 e. The van der Waals surface area contributed by atoms with Gasteiger partial charge in [-0.1, -0.05) is 12.1 Å². The van der Waals surface area contributed by atoms with E-state index in [2.05, 4.69) is 15.1 Å². The fourth-order valence-corrected chi connectivity index (χ4v) is 2.49. The fraction of sp³-hybridized carbons (Fsp3) is 0.150. The Balaban J connectivity index is 1.89. The van der Waals surface area contributed by atoms with E-state index in [0.29, 0.717) is 23.0 Å². The third-order valence-electron chi connectivity index (χ3n) is 3.90. The van der Waals surface area contributed by atoms with Crippen molar-refractivity contribution in [3.05, 3.63) is 59.8 Å². The Morgan fingerprint density at radius 3 is 2.56 bits per heavy atom. The average Bonchev–Trinajstić information content (AvgIpc) is 2.67. The van der Waals surface area contributed by atoms with E-state index in [0.717, 1.165) is 11.3 Å². The van der Waals surface area contributed by atoms with Gasteiger partial charge in [0.2, 0.25) is 0 Å². The number of anilines is 1. The van der Waals surface area contributed by atoms with Crippen molar-refractivity contribution in [2.75, 3.05) is 19.2 Å². The minimum atomic E-state index is 0.0711. The summed E-state index contributed by atoms with van der Waals surface area (Å²) in [6.45, 7) is 1.86. The van der Waals surface area contributed by atoms with Gasteiger partial charge in [-0.2, -0.15) is 5.10 Å². The summed E-state index contributed by atoms with van der Waals surface area (Å²) in [6.07, 6.45) is 1.64. The number of hydrogen-bond acceptors (Lipinski definition) is 7.